The fraction of sp³-hybridized carbons (Fsp3) is 0.360. The van der Waals surface area contributed by atoms with Crippen LogP contribution in [0.2, 0.25) is 0 Å². The second kappa shape index (κ2) is 9.53. The quantitative estimate of drug-likeness (QED) is 0.623. The number of hydrogen-bond acceptors (Lipinski definition) is 5. The Hall–Kier alpha value is -3.19. The summed E-state index contributed by atoms with van der Waals surface area (Å²) in [5.74, 6) is -0.255. The Bertz CT molecular complexity index is 1010. The topological polar surface area (TPSA) is 53.1 Å². The van der Waals surface area contributed by atoms with E-state index in [0.717, 1.165) is 25.4 Å². The first-order valence-corrected chi connectivity index (χ1v) is 11.1. The predicted molar refractivity (Wildman–Crippen MR) is 120 cm³/mol. The molecule has 0 radical (unpaired) electrons. The zero-order valence-corrected chi connectivity index (χ0v) is 18.5. The summed E-state index contributed by atoms with van der Waals surface area (Å²) in [5.41, 5.74) is 2.28. The first kappa shape index (κ1) is 22.0. The second-order valence-corrected chi connectivity index (χ2v) is 7.93. The van der Waals surface area contributed by atoms with Gasteiger partial charge in [0.15, 0.2) is 0 Å². The maximum Gasteiger partial charge on any atom is 0.278 e. The van der Waals surface area contributed by atoms with Crippen molar-refractivity contribution in [2.75, 3.05) is 39.3 Å². The van der Waals surface area contributed by atoms with Gasteiger partial charge in [0.2, 0.25) is 0 Å². The number of amides is 2. The van der Waals surface area contributed by atoms with Crippen molar-refractivity contribution in [2.24, 2.45) is 0 Å². The minimum Gasteiger partial charge on any atom is -0.494 e. The van der Waals surface area contributed by atoms with E-state index in [2.05, 4.69) is 11.8 Å². The summed E-state index contributed by atoms with van der Waals surface area (Å²) >= 11 is 0. The van der Waals surface area contributed by atoms with Crippen LogP contribution in [0.4, 0.5) is 4.39 Å². The molecule has 6 nitrogen and oxygen atoms in total. The molecule has 4 rings (SSSR count). The van der Waals surface area contributed by atoms with E-state index >= 15 is 0 Å². The number of benzene rings is 2. The van der Waals surface area contributed by atoms with Crippen LogP contribution < -0.4 is 4.74 Å². The highest BCUT2D eigenvalue weighted by atomic mass is 19.1. The summed E-state index contributed by atoms with van der Waals surface area (Å²) < 4.78 is 18.8. The Morgan fingerprint density at radius 2 is 1.53 bits per heavy atom. The number of carbonyl (C=O) groups excluding carboxylic acids is 2. The number of likely N-dealkylation sites (N-methyl/N-ethyl adjacent to an activating group) is 1. The van der Waals surface area contributed by atoms with E-state index in [9.17, 15) is 14.0 Å². The molecule has 32 heavy (non-hydrogen) atoms. The summed E-state index contributed by atoms with van der Waals surface area (Å²) in [4.78, 5) is 32.6. The molecule has 168 valence electrons. The minimum atomic E-state index is -0.351. The third kappa shape index (κ3) is 4.39. The van der Waals surface area contributed by atoms with E-state index in [1.54, 1.807) is 12.1 Å². The summed E-state index contributed by atoms with van der Waals surface area (Å²) in [5, 5.41) is 0. The molecule has 0 saturated carbocycles. The number of hydrogen-bond donors (Lipinski definition) is 0. The Morgan fingerprint density at radius 1 is 0.875 bits per heavy atom. The maximum absolute atomic E-state index is 13.5. The van der Waals surface area contributed by atoms with E-state index in [1.807, 2.05) is 36.1 Å². The molecule has 0 aromatic heterocycles. The molecular formula is C25H28FN3O3. The Balaban J connectivity index is 1.67. The van der Waals surface area contributed by atoms with Gasteiger partial charge in [-0.1, -0.05) is 31.2 Å². The number of halogens is 1. The summed E-state index contributed by atoms with van der Waals surface area (Å²) in [6, 6.07) is 13.2. The maximum atomic E-state index is 13.5. The SMILES string of the molecule is CCOc1ccc(C2=C(N3CCN(CC)CC3)C(=O)N(Cc3ccc(F)cc3)C2=O)cc1. The van der Waals surface area contributed by atoms with Crippen molar-refractivity contribution in [1.29, 1.82) is 0 Å². The molecular weight excluding hydrogens is 409 g/mol. The van der Waals surface area contributed by atoms with Gasteiger partial charge in [0.25, 0.3) is 11.8 Å². The van der Waals surface area contributed by atoms with Gasteiger partial charge in [-0.25, -0.2) is 4.39 Å². The van der Waals surface area contributed by atoms with Gasteiger partial charge in [0, 0.05) is 26.2 Å². The minimum absolute atomic E-state index is 0.108. The van der Waals surface area contributed by atoms with Crippen LogP contribution in [0.5, 0.6) is 5.75 Å². The molecule has 0 N–H and O–H groups in total. The third-order valence-electron chi connectivity index (χ3n) is 5.99. The average Bonchev–Trinajstić information content (AvgIpc) is 3.06. The van der Waals surface area contributed by atoms with Crippen molar-refractivity contribution < 1.29 is 18.7 Å². The average molecular weight is 438 g/mol. The van der Waals surface area contributed by atoms with E-state index in [0.29, 0.717) is 42.1 Å². The van der Waals surface area contributed by atoms with Crippen molar-refractivity contribution in [1.82, 2.24) is 14.7 Å². The Kier molecular flexibility index (Phi) is 6.55. The van der Waals surface area contributed by atoms with Crippen LogP contribution in [-0.2, 0) is 16.1 Å². The molecule has 2 amide bonds. The van der Waals surface area contributed by atoms with Crippen LogP contribution in [-0.4, -0.2) is 65.8 Å². The smallest absolute Gasteiger partial charge is 0.278 e. The Labute approximate surface area is 187 Å². The molecule has 2 aliphatic rings. The first-order chi connectivity index (χ1) is 15.5. The van der Waals surface area contributed by atoms with Crippen LogP contribution in [0.3, 0.4) is 0 Å². The van der Waals surface area contributed by atoms with Gasteiger partial charge in [-0.2, -0.15) is 0 Å². The molecule has 2 aromatic rings. The van der Waals surface area contributed by atoms with Gasteiger partial charge in [-0.3, -0.25) is 14.5 Å². The van der Waals surface area contributed by atoms with Crippen LogP contribution >= 0.6 is 0 Å². The molecule has 0 unspecified atom stereocenters. The normalized spacial score (nSPS) is 17.5. The lowest BCUT2D eigenvalue weighted by molar-refractivity contribution is -0.138. The molecule has 1 saturated heterocycles. The van der Waals surface area contributed by atoms with Gasteiger partial charge in [-0.05, 0) is 48.9 Å². The molecule has 0 atom stereocenters. The van der Waals surface area contributed by atoms with Crippen LogP contribution in [0, 0.1) is 5.82 Å². The van der Waals surface area contributed by atoms with Crippen molar-refractivity contribution in [2.45, 2.75) is 20.4 Å². The van der Waals surface area contributed by atoms with Gasteiger partial charge in [0.1, 0.15) is 17.3 Å². The molecule has 1 fully saturated rings. The van der Waals surface area contributed by atoms with E-state index in [-0.39, 0.29) is 24.2 Å². The number of ether oxygens (including phenoxy) is 1. The lowest BCUT2D eigenvalue weighted by atomic mass is 10.0. The Morgan fingerprint density at radius 3 is 2.12 bits per heavy atom. The highest BCUT2D eigenvalue weighted by Crippen LogP contribution is 2.34. The molecule has 0 aliphatic carbocycles. The molecule has 2 aromatic carbocycles. The zero-order valence-electron chi connectivity index (χ0n) is 18.5. The van der Waals surface area contributed by atoms with Gasteiger partial charge in [0.05, 0.1) is 18.7 Å². The molecule has 0 spiro atoms. The summed E-state index contributed by atoms with van der Waals surface area (Å²) in [6.45, 7) is 8.72. The number of nitrogens with zero attached hydrogens (tertiary/aromatic N) is 3. The zero-order chi connectivity index (χ0) is 22.7. The van der Waals surface area contributed by atoms with Crippen molar-refractivity contribution >= 4 is 17.4 Å². The molecule has 2 aliphatic heterocycles. The van der Waals surface area contributed by atoms with Crippen molar-refractivity contribution in [3.8, 4) is 5.75 Å². The molecule has 7 heteroatoms. The molecule has 0 bridgehead atoms. The molecule has 2 heterocycles. The second-order valence-electron chi connectivity index (χ2n) is 7.93. The number of piperazine rings is 1. The first-order valence-electron chi connectivity index (χ1n) is 11.1. The fourth-order valence-corrected chi connectivity index (χ4v) is 4.21. The van der Waals surface area contributed by atoms with Crippen LogP contribution in [0.15, 0.2) is 54.2 Å². The van der Waals surface area contributed by atoms with Crippen LogP contribution in [0.25, 0.3) is 5.57 Å². The lowest BCUT2D eigenvalue weighted by Crippen LogP contribution is -2.47. The van der Waals surface area contributed by atoms with Crippen molar-refractivity contribution in [3.05, 3.63) is 71.2 Å². The standard InChI is InChI=1S/C25H28FN3O3/c1-3-27-13-15-28(16-14-27)23-22(19-7-11-21(12-8-19)32-4-2)24(30)29(25(23)31)17-18-5-9-20(26)10-6-18/h5-12H,3-4,13-17H2,1-2H3. The summed E-state index contributed by atoms with van der Waals surface area (Å²) in [6.07, 6.45) is 0. The van der Waals surface area contributed by atoms with Gasteiger partial charge in [-0.15, -0.1) is 0 Å². The largest absolute Gasteiger partial charge is 0.494 e. The predicted octanol–water partition coefficient (Wildman–Crippen LogP) is 3.14. The number of carbonyl (C=O) groups is 2. The van der Waals surface area contributed by atoms with Gasteiger partial charge < -0.3 is 14.5 Å². The van der Waals surface area contributed by atoms with Crippen LogP contribution in [0.1, 0.15) is 25.0 Å². The highest BCUT2D eigenvalue weighted by Gasteiger charge is 2.42. The van der Waals surface area contributed by atoms with E-state index < -0.39 is 0 Å². The van der Waals surface area contributed by atoms with E-state index in [4.69, 9.17) is 4.74 Å². The lowest BCUT2D eigenvalue weighted by Gasteiger charge is -2.36. The fourth-order valence-electron chi connectivity index (χ4n) is 4.21. The summed E-state index contributed by atoms with van der Waals surface area (Å²) in [7, 11) is 0. The third-order valence-corrected chi connectivity index (χ3v) is 5.99. The number of rotatable bonds is 7. The van der Waals surface area contributed by atoms with Gasteiger partial charge >= 0.3 is 0 Å². The monoisotopic (exact) mass is 437 g/mol. The number of imide groups is 1. The van der Waals surface area contributed by atoms with E-state index in [1.165, 1.54) is 17.0 Å². The highest BCUT2D eigenvalue weighted by molar-refractivity contribution is 6.35. The van der Waals surface area contributed by atoms with Crippen molar-refractivity contribution in [3.63, 3.8) is 0 Å².